The van der Waals surface area contributed by atoms with Crippen LogP contribution >= 0.6 is 11.6 Å². The number of aromatic nitrogens is 1. The van der Waals surface area contributed by atoms with Crippen molar-refractivity contribution >= 4 is 17.4 Å². The van der Waals surface area contributed by atoms with E-state index in [9.17, 15) is 4.79 Å². The third-order valence-electron chi connectivity index (χ3n) is 7.74. The summed E-state index contributed by atoms with van der Waals surface area (Å²) in [4.78, 5) is 22.6. The van der Waals surface area contributed by atoms with Gasteiger partial charge >= 0.3 is 0 Å². The number of piperidine rings is 2. The maximum Gasteiger partial charge on any atom is 0.226 e. The molecule has 1 unspecified atom stereocenters. The Labute approximate surface area is 209 Å². The first-order chi connectivity index (χ1) is 16.5. The average molecular weight is 486 g/mol. The van der Waals surface area contributed by atoms with E-state index in [0.717, 1.165) is 74.8 Å². The third kappa shape index (κ3) is 6.71. The summed E-state index contributed by atoms with van der Waals surface area (Å²) in [7, 11) is 0. The monoisotopic (exact) mass is 485 g/mol. The number of unbranched alkanes of at least 4 members (excludes halogenated alkanes) is 1. The van der Waals surface area contributed by atoms with E-state index in [1.807, 2.05) is 31.2 Å². The largest absolute Gasteiger partial charge is 0.441 e. The lowest BCUT2D eigenvalue weighted by molar-refractivity contribution is -0.124. The molecule has 2 aliphatic rings. The summed E-state index contributed by atoms with van der Waals surface area (Å²) in [5, 5.41) is 0.705. The molecular weight excluding hydrogens is 446 g/mol. The van der Waals surface area contributed by atoms with Crippen LogP contribution in [0.3, 0.4) is 0 Å². The second-order valence-corrected chi connectivity index (χ2v) is 10.5. The molecule has 4 rings (SSSR count). The highest BCUT2D eigenvalue weighted by molar-refractivity contribution is 6.30. The number of likely N-dealkylation sites (tertiary alicyclic amines) is 2. The quantitative estimate of drug-likeness (QED) is 0.358. The van der Waals surface area contributed by atoms with Crippen LogP contribution in [0.4, 0.5) is 0 Å². The third-order valence-corrected chi connectivity index (χ3v) is 7.99. The number of Topliss-reactive ketones (excluding diaryl/α,β-unsaturated/α-hetero) is 1. The minimum absolute atomic E-state index is 0.234. The summed E-state index contributed by atoms with van der Waals surface area (Å²) >= 11 is 5.99. The molecule has 0 amide bonds. The highest BCUT2D eigenvalue weighted by atomic mass is 35.5. The summed E-state index contributed by atoms with van der Waals surface area (Å²) in [6, 6.07) is 8.34. The minimum Gasteiger partial charge on any atom is -0.441 e. The maximum atomic E-state index is 12.8. The van der Waals surface area contributed by atoms with Crippen LogP contribution < -0.4 is 0 Å². The molecule has 5 nitrogen and oxygen atoms in total. The molecule has 2 saturated heterocycles. The van der Waals surface area contributed by atoms with Crippen molar-refractivity contribution in [2.24, 2.45) is 5.92 Å². The Morgan fingerprint density at radius 3 is 2.59 bits per heavy atom. The van der Waals surface area contributed by atoms with E-state index < -0.39 is 0 Å². The van der Waals surface area contributed by atoms with Crippen LogP contribution in [0.15, 0.2) is 28.7 Å². The molecule has 0 bridgehead atoms. The number of oxazole rings is 1. The van der Waals surface area contributed by atoms with Gasteiger partial charge in [-0.05, 0) is 102 Å². The van der Waals surface area contributed by atoms with E-state index >= 15 is 0 Å². The molecular formula is C28H40ClN3O2. The highest BCUT2D eigenvalue weighted by Crippen LogP contribution is 2.26. The van der Waals surface area contributed by atoms with E-state index in [1.54, 1.807) is 0 Å². The fourth-order valence-corrected chi connectivity index (χ4v) is 5.68. The van der Waals surface area contributed by atoms with Crippen LogP contribution in [0.2, 0.25) is 5.02 Å². The van der Waals surface area contributed by atoms with Gasteiger partial charge in [0.1, 0.15) is 11.5 Å². The topological polar surface area (TPSA) is 49.6 Å². The molecule has 6 heteroatoms. The molecule has 3 heterocycles. The van der Waals surface area contributed by atoms with Gasteiger partial charge in [0.25, 0.3) is 0 Å². The second kappa shape index (κ2) is 12.3. The minimum atomic E-state index is 0.234. The van der Waals surface area contributed by atoms with Gasteiger partial charge < -0.3 is 9.32 Å². The first-order valence-electron chi connectivity index (χ1n) is 13.2. The molecule has 2 fully saturated rings. The van der Waals surface area contributed by atoms with Gasteiger partial charge in [0.2, 0.25) is 5.89 Å². The Kier molecular flexibility index (Phi) is 9.21. The zero-order valence-electron chi connectivity index (χ0n) is 20.9. The van der Waals surface area contributed by atoms with E-state index in [0.29, 0.717) is 16.7 Å². The van der Waals surface area contributed by atoms with Crippen molar-refractivity contribution < 1.29 is 9.21 Å². The van der Waals surface area contributed by atoms with E-state index in [2.05, 4.69) is 16.7 Å². The molecule has 0 aliphatic carbocycles. The van der Waals surface area contributed by atoms with Crippen molar-refractivity contribution in [1.29, 1.82) is 0 Å². The van der Waals surface area contributed by atoms with Crippen LogP contribution in [0, 0.1) is 12.8 Å². The van der Waals surface area contributed by atoms with Crippen molar-refractivity contribution in [3.05, 3.63) is 40.7 Å². The molecule has 0 spiro atoms. The fraction of sp³-hybridized carbons (Fsp3) is 0.643. The normalized spacial score (nSPS) is 20.6. The van der Waals surface area contributed by atoms with Crippen molar-refractivity contribution in [2.45, 2.75) is 84.2 Å². The number of ketones is 1. The van der Waals surface area contributed by atoms with Gasteiger partial charge in [0.15, 0.2) is 0 Å². The van der Waals surface area contributed by atoms with Gasteiger partial charge in [0, 0.05) is 35.5 Å². The van der Waals surface area contributed by atoms with E-state index in [4.69, 9.17) is 21.0 Å². The maximum absolute atomic E-state index is 12.8. The summed E-state index contributed by atoms with van der Waals surface area (Å²) in [5.74, 6) is 2.22. The van der Waals surface area contributed by atoms with E-state index in [-0.39, 0.29) is 5.92 Å². The molecule has 0 saturated carbocycles. The molecule has 0 radical (unpaired) electrons. The summed E-state index contributed by atoms with van der Waals surface area (Å²) in [5.41, 5.74) is 1.92. The van der Waals surface area contributed by atoms with E-state index in [1.165, 1.54) is 38.8 Å². The Hall–Kier alpha value is -1.69. The molecule has 2 aliphatic heterocycles. The lowest BCUT2D eigenvalue weighted by atomic mass is 9.90. The van der Waals surface area contributed by atoms with Crippen molar-refractivity contribution in [2.75, 3.05) is 26.2 Å². The summed E-state index contributed by atoms with van der Waals surface area (Å²) < 4.78 is 5.92. The SMILES string of the molecule is CCC1CCCCN1CCCCC(=O)C1CCN(Cc2nc(-c3ccc(Cl)cc3)oc2C)CC1. The number of nitrogens with zero attached hydrogens (tertiary/aromatic N) is 3. The number of benzene rings is 1. The molecule has 34 heavy (non-hydrogen) atoms. The zero-order valence-corrected chi connectivity index (χ0v) is 21.7. The van der Waals surface area contributed by atoms with Gasteiger partial charge in [-0.1, -0.05) is 24.9 Å². The smallest absolute Gasteiger partial charge is 0.226 e. The van der Waals surface area contributed by atoms with Gasteiger partial charge in [-0.15, -0.1) is 0 Å². The fourth-order valence-electron chi connectivity index (χ4n) is 5.55. The number of aryl methyl sites for hydroxylation is 1. The molecule has 186 valence electrons. The number of rotatable bonds is 10. The van der Waals surface area contributed by atoms with Gasteiger partial charge in [-0.25, -0.2) is 4.98 Å². The number of halogens is 1. The summed E-state index contributed by atoms with van der Waals surface area (Å²) in [6.07, 6.45) is 10.2. The highest BCUT2D eigenvalue weighted by Gasteiger charge is 2.26. The van der Waals surface area contributed by atoms with Crippen molar-refractivity contribution in [3.63, 3.8) is 0 Å². The Balaban J connectivity index is 1.18. The number of carbonyl (C=O) groups is 1. The van der Waals surface area contributed by atoms with Crippen LogP contribution in [-0.2, 0) is 11.3 Å². The van der Waals surface area contributed by atoms with Gasteiger partial charge in [-0.3, -0.25) is 9.69 Å². The van der Waals surface area contributed by atoms with Crippen LogP contribution in [0.25, 0.3) is 11.5 Å². The Bertz CT molecular complexity index is 918. The van der Waals surface area contributed by atoms with Crippen LogP contribution in [0.1, 0.15) is 76.2 Å². The van der Waals surface area contributed by atoms with Gasteiger partial charge in [0.05, 0.1) is 5.69 Å². The predicted molar refractivity (Wildman–Crippen MR) is 138 cm³/mol. The van der Waals surface area contributed by atoms with Crippen LogP contribution in [-0.4, -0.2) is 52.8 Å². The molecule has 2 aromatic rings. The lowest BCUT2D eigenvalue weighted by Crippen LogP contribution is -2.39. The van der Waals surface area contributed by atoms with Crippen molar-refractivity contribution in [1.82, 2.24) is 14.8 Å². The molecule has 1 aromatic heterocycles. The first kappa shape index (κ1) is 25.4. The first-order valence-corrected chi connectivity index (χ1v) is 13.6. The zero-order chi connectivity index (χ0) is 23.9. The molecule has 0 N–H and O–H groups in total. The second-order valence-electron chi connectivity index (χ2n) is 10.1. The summed E-state index contributed by atoms with van der Waals surface area (Å²) in [6.45, 7) is 9.37. The predicted octanol–water partition coefficient (Wildman–Crippen LogP) is 6.52. The standard InChI is InChI=1S/C28H40ClN3O2/c1-3-25-8-4-6-16-32(25)17-7-5-9-27(33)22-14-18-31(19-15-22)20-26-21(2)34-28(30-26)23-10-12-24(29)13-11-23/h10-13,22,25H,3-9,14-20H2,1-2H3. The lowest BCUT2D eigenvalue weighted by Gasteiger charge is -2.35. The number of carbonyl (C=O) groups excluding carboxylic acids is 1. The van der Waals surface area contributed by atoms with Gasteiger partial charge in [-0.2, -0.15) is 0 Å². The average Bonchev–Trinajstić information content (AvgIpc) is 3.22. The number of hydrogen-bond donors (Lipinski definition) is 0. The van der Waals surface area contributed by atoms with Crippen LogP contribution in [0.5, 0.6) is 0 Å². The Morgan fingerprint density at radius 2 is 1.85 bits per heavy atom. The Morgan fingerprint density at radius 1 is 1.09 bits per heavy atom. The molecule has 1 atom stereocenters. The van der Waals surface area contributed by atoms with Crippen molar-refractivity contribution in [3.8, 4) is 11.5 Å². The number of hydrogen-bond acceptors (Lipinski definition) is 5. The molecule has 1 aromatic carbocycles.